The smallest absolute Gasteiger partial charge is 0.404 e. The van der Waals surface area contributed by atoms with E-state index < -0.39 is 36.9 Å². The van der Waals surface area contributed by atoms with Gasteiger partial charge in [0.05, 0.1) is 5.60 Å². The Kier molecular flexibility index (Phi) is 4.04. The van der Waals surface area contributed by atoms with Gasteiger partial charge in [-0.3, -0.25) is 4.18 Å². The van der Waals surface area contributed by atoms with Gasteiger partial charge in [-0.15, -0.1) is 0 Å². The summed E-state index contributed by atoms with van der Waals surface area (Å²) in [6, 6.07) is 0. The fourth-order valence-electron chi connectivity index (χ4n) is 5.05. The van der Waals surface area contributed by atoms with Crippen LogP contribution in [0.1, 0.15) is 38.5 Å². The average Bonchev–Trinajstić information content (AvgIpc) is 2.32. The molecule has 0 amide bonds. The quantitative estimate of drug-likeness (QED) is 0.764. The lowest BCUT2D eigenvalue weighted by atomic mass is 9.48. The van der Waals surface area contributed by atoms with Crippen molar-refractivity contribution in [3.8, 4) is 0 Å². The van der Waals surface area contributed by atoms with Gasteiger partial charge in [0.15, 0.2) is 10.0 Å². The van der Waals surface area contributed by atoms with Crippen LogP contribution in [-0.4, -0.2) is 39.7 Å². The van der Waals surface area contributed by atoms with Crippen LogP contribution in [0, 0.1) is 17.3 Å². The molecule has 0 heterocycles. The summed E-state index contributed by atoms with van der Waals surface area (Å²) in [6.07, 6.45) is 3.07. The molecule has 140 valence electrons. The summed E-state index contributed by atoms with van der Waals surface area (Å²) in [7, 11) is -11.5. The molecule has 24 heavy (non-hydrogen) atoms. The molecule has 0 saturated heterocycles. The predicted molar refractivity (Wildman–Crippen MR) is 75.3 cm³/mol. The highest BCUT2D eigenvalue weighted by Gasteiger charge is 2.59. The van der Waals surface area contributed by atoms with Gasteiger partial charge in [0, 0.05) is 6.61 Å². The SMILES string of the molecule is O=S(=O)([N-]S(=O)(=O)C(F)(F)F)OC12CC3CC(CC(CO)(C3)C1)C2. The van der Waals surface area contributed by atoms with Crippen molar-refractivity contribution in [2.24, 2.45) is 17.3 Å². The molecule has 0 aromatic carbocycles. The van der Waals surface area contributed by atoms with Gasteiger partial charge in [-0.25, -0.2) is 16.8 Å². The van der Waals surface area contributed by atoms with E-state index in [1.54, 1.807) is 0 Å². The Labute approximate surface area is 137 Å². The third-order valence-electron chi connectivity index (χ3n) is 5.23. The van der Waals surface area contributed by atoms with Crippen LogP contribution in [0.4, 0.5) is 13.2 Å². The fraction of sp³-hybridized carbons (Fsp3) is 1.00. The van der Waals surface area contributed by atoms with Crippen LogP contribution in [0.5, 0.6) is 0 Å². The lowest BCUT2D eigenvalue weighted by Gasteiger charge is -2.61. The molecule has 4 aliphatic rings. The van der Waals surface area contributed by atoms with E-state index in [-0.39, 0.29) is 24.9 Å². The van der Waals surface area contributed by atoms with Crippen molar-refractivity contribution in [1.82, 2.24) is 0 Å². The summed E-state index contributed by atoms with van der Waals surface area (Å²) in [5.74, 6) is 0.209. The van der Waals surface area contributed by atoms with E-state index in [1.807, 2.05) is 4.13 Å². The Morgan fingerprint density at radius 2 is 1.62 bits per heavy atom. The summed E-state index contributed by atoms with van der Waals surface area (Å²) in [4.78, 5) is 0. The number of rotatable bonds is 5. The molecule has 4 fully saturated rings. The van der Waals surface area contributed by atoms with E-state index in [2.05, 4.69) is 0 Å². The van der Waals surface area contributed by atoms with Gasteiger partial charge in [-0.05, 0) is 55.8 Å². The minimum atomic E-state index is -6.20. The zero-order chi connectivity index (χ0) is 18.0. The molecule has 2 atom stereocenters. The Hall–Kier alpha value is -0.430. The first-order chi connectivity index (χ1) is 10.8. The summed E-state index contributed by atoms with van der Waals surface area (Å²) >= 11 is 0. The summed E-state index contributed by atoms with van der Waals surface area (Å²) in [5, 5.41) is 9.66. The van der Waals surface area contributed by atoms with Gasteiger partial charge in [0.25, 0.3) is 0 Å². The van der Waals surface area contributed by atoms with Crippen molar-refractivity contribution in [2.45, 2.75) is 49.6 Å². The second kappa shape index (κ2) is 5.29. The maximum atomic E-state index is 12.3. The highest BCUT2D eigenvalue weighted by molar-refractivity contribution is 8.10. The molecule has 4 saturated carbocycles. The normalized spacial score (nSPS) is 39.3. The highest BCUT2D eigenvalue weighted by atomic mass is 32.3. The van der Waals surface area contributed by atoms with E-state index >= 15 is 0 Å². The largest absolute Gasteiger partial charge is 0.480 e. The molecule has 0 spiro atoms. The number of hydrogen-bond donors (Lipinski definition) is 1. The lowest BCUT2D eigenvalue weighted by molar-refractivity contribution is -0.160. The molecule has 7 nitrogen and oxygen atoms in total. The Morgan fingerprint density at radius 3 is 2.08 bits per heavy atom. The second-order valence-corrected chi connectivity index (χ2v) is 10.3. The summed E-state index contributed by atoms with van der Waals surface area (Å²) in [6.45, 7) is -0.164. The lowest BCUT2D eigenvalue weighted by Crippen LogP contribution is -2.58. The molecular formula is C12H17F3NO6S2-. The minimum Gasteiger partial charge on any atom is -0.404 e. The van der Waals surface area contributed by atoms with E-state index in [0.29, 0.717) is 25.7 Å². The molecule has 1 N–H and O–H groups in total. The highest BCUT2D eigenvalue weighted by Crippen LogP contribution is 2.63. The third-order valence-corrected chi connectivity index (χ3v) is 7.89. The van der Waals surface area contributed by atoms with Gasteiger partial charge < -0.3 is 9.23 Å². The monoisotopic (exact) mass is 392 g/mol. The molecule has 0 aliphatic heterocycles. The number of aliphatic hydroxyl groups excluding tert-OH is 1. The summed E-state index contributed by atoms with van der Waals surface area (Å²) in [5.41, 5.74) is -7.60. The summed E-state index contributed by atoms with van der Waals surface area (Å²) < 4.78 is 89.6. The Morgan fingerprint density at radius 1 is 1.08 bits per heavy atom. The van der Waals surface area contributed by atoms with E-state index in [0.717, 1.165) is 6.42 Å². The van der Waals surface area contributed by atoms with Crippen LogP contribution < -0.4 is 0 Å². The number of sulfonamides is 1. The Balaban J connectivity index is 1.83. The molecule has 4 rings (SSSR count). The van der Waals surface area contributed by atoms with Gasteiger partial charge in [-0.1, -0.05) is 0 Å². The minimum absolute atomic E-state index is 0.104. The van der Waals surface area contributed by atoms with E-state index in [1.165, 1.54) is 0 Å². The fourth-order valence-corrected chi connectivity index (χ4v) is 7.11. The van der Waals surface area contributed by atoms with Crippen molar-refractivity contribution in [3.05, 3.63) is 4.13 Å². The average molecular weight is 392 g/mol. The van der Waals surface area contributed by atoms with Crippen LogP contribution >= 0.6 is 0 Å². The van der Waals surface area contributed by atoms with Crippen LogP contribution in [0.2, 0.25) is 0 Å². The first-order valence-corrected chi connectivity index (χ1v) is 10.2. The van der Waals surface area contributed by atoms with Gasteiger partial charge in [0.1, 0.15) is 0 Å². The molecule has 0 radical (unpaired) electrons. The second-order valence-electron chi connectivity index (χ2n) is 7.31. The molecule has 12 heteroatoms. The molecular weight excluding hydrogens is 375 g/mol. The van der Waals surface area contributed by atoms with Crippen molar-refractivity contribution in [1.29, 1.82) is 0 Å². The third kappa shape index (κ3) is 3.18. The van der Waals surface area contributed by atoms with Gasteiger partial charge in [0.2, 0.25) is 10.3 Å². The van der Waals surface area contributed by atoms with Crippen LogP contribution in [0.3, 0.4) is 0 Å². The number of halogens is 3. The predicted octanol–water partition coefficient (Wildman–Crippen LogP) is 1.80. The van der Waals surface area contributed by atoms with Crippen molar-refractivity contribution >= 4 is 20.3 Å². The maximum absolute atomic E-state index is 12.3. The Bertz CT molecular complexity index is 718. The maximum Gasteiger partial charge on any atom is 0.480 e. The van der Waals surface area contributed by atoms with Crippen LogP contribution in [0.25, 0.3) is 4.13 Å². The number of hydrogen-bond acceptors (Lipinski definition) is 6. The van der Waals surface area contributed by atoms with Crippen molar-refractivity contribution in [2.75, 3.05) is 6.61 Å². The van der Waals surface area contributed by atoms with Gasteiger partial charge >= 0.3 is 5.51 Å². The molecule has 0 aromatic heterocycles. The number of alkyl halides is 3. The molecule has 4 bridgehead atoms. The number of aliphatic hydroxyl groups is 1. The van der Waals surface area contributed by atoms with Crippen LogP contribution in [0.15, 0.2) is 0 Å². The zero-order valence-electron chi connectivity index (χ0n) is 12.5. The zero-order valence-corrected chi connectivity index (χ0v) is 14.1. The molecule has 4 aliphatic carbocycles. The van der Waals surface area contributed by atoms with Crippen LogP contribution in [-0.2, 0) is 24.5 Å². The van der Waals surface area contributed by atoms with E-state index in [4.69, 9.17) is 4.18 Å². The first kappa shape index (κ1) is 18.4. The van der Waals surface area contributed by atoms with Gasteiger partial charge in [-0.2, -0.15) is 13.2 Å². The van der Waals surface area contributed by atoms with Crippen molar-refractivity contribution in [3.63, 3.8) is 0 Å². The number of nitrogens with zero attached hydrogens (tertiary/aromatic N) is 1. The topological polar surface area (TPSA) is 112 Å². The molecule has 2 unspecified atom stereocenters. The van der Waals surface area contributed by atoms with E-state index in [9.17, 15) is 35.1 Å². The standard InChI is InChI=1S/C12H17F3NO6S2/c13-12(14,15)23(18,19)16-24(20,21)22-11-4-8-1-9(5-11)3-10(2-8,6-11)7-17/h8-9,17H,1-7H2/q-1. The van der Waals surface area contributed by atoms with Crippen molar-refractivity contribution < 1.29 is 39.3 Å². The first-order valence-electron chi connectivity index (χ1n) is 7.41. The molecule has 0 aromatic rings.